The highest BCUT2D eigenvalue weighted by Crippen LogP contribution is 2.21. The van der Waals surface area contributed by atoms with Crippen molar-refractivity contribution in [3.63, 3.8) is 0 Å². The van der Waals surface area contributed by atoms with Crippen LogP contribution in [-0.2, 0) is 6.54 Å². The maximum absolute atomic E-state index is 13.3. The Morgan fingerprint density at radius 1 is 1.59 bits per heavy atom. The zero-order valence-electron chi connectivity index (χ0n) is 9.53. The number of rotatable bonds is 5. The zero-order valence-corrected chi connectivity index (χ0v) is 11.1. The van der Waals surface area contributed by atoms with Gasteiger partial charge < -0.3 is 10.9 Å². The van der Waals surface area contributed by atoms with Crippen molar-refractivity contribution in [1.29, 1.82) is 0 Å². The van der Waals surface area contributed by atoms with Gasteiger partial charge in [0.25, 0.3) is 0 Å². The van der Waals surface area contributed by atoms with Crippen LogP contribution in [-0.4, -0.2) is 29.0 Å². The summed E-state index contributed by atoms with van der Waals surface area (Å²) in [5.74, 6) is -0.151. The highest BCUT2D eigenvalue weighted by Gasteiger charge is 2.10. The Labute approximate surface area is 108 Å². The van der Waals surface area contributed by atoms with Crippen LogP contribution in [0.1, 0.15) is 12.5 Å². The number of likely N-dealkylation sites (N-methyl/N-ethyl adjacent to an activating group) is 1. The maximum atomic E-state index is 13.3. The quantitative estimate of drug-likeness (QED) is 0.379. The first-order valence-corrected chi connectivity index (χ1v) is 5.99. The lowest BCUT2D eigenvalue weighted by Gasteiger charge is -2.20. The van der Waals surface area contributed by atoms with Crippen LogP contribution in [0.4, 0.5) is 4.39 Å². The first kappa shape index (κ1) is 13.9. The van der Waals surface area contributed by atoms with Gasteiger partial charge in [-0.2, -0.15) is 0 Å². The Morgan fingerprint density at radius 2 is 2.29 bits per heavy atom. The van der Waals surface area contributed by atoms with Gasteiger partial charge in [0, 0.05) is 6.54 Å². The molecular weight excluding hydrogens is 289 g/mol. The van der Waals surface area contributed by atoms with Gasteiger partial charge in [-0.3, -0.25) is 4.90 Å². The van der Waals surface area contributed by atoms with Gasteiger partial charge in [-0.15, -0.1) is 0 Å². The SMILES string of the molecule is CCN(C/C(N)=N/O)Cc1cccc(F)c1Br. The van der Waals surface area contributed by atoms with E-state index in [1.807, 2.05) is 17.9 Å². The third kappa shape index (κ3) is 3.98. The predicted octanol–water partition coefficient (Wildman–Crippen LogP) is 2.16. The number of nitrogens with two attached hydrogens (primary N) is 1. The standard InChI is InChI=1S/C11H15BrFN3O/c1-2-16(7-10(14)15-17)6-8-4-3-5-9(13)11(8)12/h3-5,17H,2,6-7H2,1H3,(H2,14,15). The van der Waals surface area contributed by atoms with Gasteiger partial charge in [-0.1, -0.05) is 24.2 Å². The fraction of sp³-hybridized carbons (Fsp3) is 0.364. The molecule has 0 bridgehead atoms. The van der Waals surface area contributed by atoms with Crippen LogP contribution >= 0.6 is 15.9 Å². The second-order valence-electron chi connectivity index (χ2n) is 3.61. The molecule has 1 aromatic rings. The molecule has 94 valence electrons. The van der Waals surface area contributed by atoms with Crippen molar-refractivity contribution in [2.45, 2.75) is 13.5 Å². The lowest BCUT2D eigenvalue weighted by Crippen LogP contribution is -2.33. The normalized spacial score (nSPS) is 12.1. The van der Waals surface area contributed by atoms with Crippen molar-refractivity contribution >= 4 is 21.8 Å². The predicted molar refractivity (Wildman–Crippen MR) is 68.5 cm³/mol. The molecule has 1 aromatic carbocycles. The van der Waals surface area contributed by atoms with E-state index in [1.54, 1.807) is 6.07 Å². The number of hydrogen-bond donors (Lipinski definition) is 2. The van der Waals surface area contributed by atoms with Crippen molar-refractivity contribution < 1.29 is 9.60 Å². The molecule has 0 aliphatic carbocycles. The molecule has 6 heteroatoms. The summed E-state index contributed by atoms with van der Waals surface area (Å²) in [6.07, 6.45) is 0. The van der Waals surface area contributed by atoms with E-state index in [1.165, 1.54) is 6.07 Å². The second kappa shape index (κ2) is 6.56. The van der Waals surface area contributed by atoms with E-state index in [0.29, 0.717) is 17.6 Å². The van der Waals surface area contributed by atoms with E-state index in [4.69, 9.17) is 10.9 Å². The molecule has 0 aliphatic rings. The van der Waals surface area contributed by atoms with E-state index in [0.717, 1.165) is 12.1 Å². The highest BCUT2D eigenvalue weighted by atomic mass is 79.9. The molecule has 0 aromatic heterocycles. The molecule has 0 atom stereocenters. The average Bonchev–Trinajstić information content (AvgIpc) is 2.33. The first-order chi connectivity index (χ1) is 8.08. The highest BCUT2D eigenvalue weighted by molar-refractivity contribution is 9.10. The lowest BCUT2D eigenvalue weighted by atomic mass is 10.2. The molecule has 0 fully saturated rings. The second-order valence-corrected chi connectivity index (χ2v) is 4.40. The molecule has 0 radical (unpaired) electrons. The van der Waals surface area contributed by atoms with Crippen molar-refractivity contribution in [2.75, 3.05) is 13.1 Å². The molecule has 0 aliphatic heterocycles. The number of oxime groups is 1. The Balaban J connectivity index is 2.77. The van der Waals surface area contributed by atoms with E-state index in [-0.39, 0.29) is 11.7 Å². The fourth-order valence-corrected chi connectivity index (χ4v) is 1.84. The molecule has 4 nitrogen and oxygen atoms in total. The summed E-state index contributed by atoms with van der Waals surface area (Å²) in [7, 11) is 0. The summed E-state index contributed by atoms with van der Waals surface area (Å²) < 4.78 is 13.8. The van der Waals surface area contributed by atoms with Crippen molar-refractivity contribution in [3.8, 4) is 0 Å². The van der Waals surface area contributed by atoms with E-state index in [9.17, 15) is 4.39 Å². The first-order valence-electron chi connectivity index (χ1n) is 5.20. The van der Waals surface area contributed by atoms with E-state index >= 15 is 0 Å². The number of hydrogen-bond acceptors (Lipinski definition) is 3. The zero-order chi connectivity index (χ0) is 12.8. The van der Waals surface area contributed by atoms with Gasteiger partial charge in [0.1, 0.15) is 5.82 Å². The largest absolute Gasteiger partial charge is 0.409 e. The van der Waals surface area contributed by atoms with Crippen LogP contribution in [0, 0.1) is 5.82 Å². The van der Waals surface area contributed by atoms with Crippen LogP contribution < -0.4 is 5.73 Å². The summed E-state index contributed by atoms with van der Waals surface area (Å²) in [5, 5.41) is 11.4. The third-order valence-corrected chi connectivity index (χ3v) is 3.27. The molecule has 0 heterocycles. The fourth-order valence-electron chi connectivity index (χ4n) is 1.45. The Morgan fingerprint density at radius 3 is 2.88 bits per heavy atom. The van der Waals surface area contributed by atoms with Gasteiger partial charge >= 0.3 is 0 Å². The number of nitrogens with zero attached hydrogens (tertiary/aromatic N) is 2. The minimum absolute atomic E-state index is 0.138. The number of benzene rings is 1. The van der Waals surface area contributed by atoms with Crippen LogP contribution in [0.5, 0.6) is 0 Å². The Bertz CT molecular complexity index is 412. The van der Waals surface area contributed by atoms with Crippen LogP contribution in [0.2, 0.25) is 0 Å². The van der Waals surface area contributed by atoms with Gasteiger partial charge in [0.2, 0.25) is 0 Å². The van der Waals surface area contributed by atoms with E-state index in [2.05, 4.69) is 21.1 Å². The summed E-state index contributed by atoms with van der Waals surface area (Å²) in [4.78, 5) is 1.94. The van der Waals surface area contributed by atoms with Crippen molar-refractivity contribution in [1.82, 2.24) is 4.90 Å². The molecule has 0 spiro atoms. The van der Waals surface area contributed by atoms with Gasteiger partial charge in [-0.25, -0.2) is 4.39 Å². The monoisotopic (exact) mass is 303 g/mol. The van der Waals surface area contributed by atoms with Gasteiger partial charge in [0.05, 0.1) is 11.0 Å². The lowest BCUT2D eigenvalue weighted by molar-refractivity contribution is 0.294. The molecule has 0 saturated heterocycles. The Kier molecular flexibility index (Phi) is 5.37. The summed E-state index contributed by atoms with van der Waals surface area (Å²) in [5.41, 5.74) is 6.27. The van der Waals surface area contributed by atoms with Gasteiger partial charge in [0.15, 0.2) is 5.84 Å². The van der Waals surface area contributed by atoms with Crippen molar-refractivity contribution in [2.24, 2.45) is 10.9 Å². The third-order valence-electron chi connectivity index (χ3n) is 2.39. The molecule has 1 rings (SSSR count). The number of halogens is 2. The van der Waals surface area contributed by atoms with E-state index < -0.39 is 0 Å². The molecule has 17 heavy (non-hydrogen) atoms. The van der Waals surface area contributed by atoms with Crippen molar-refractivity contribution in [3.05, 3.63) is 34.1 Å². The smallest absolute Gasteiger partial charge is 0.153 e. The van der Waals surface area contributed by atoms with Crippen LogP contribution in [0.3, 0.4) is 0 Å². The molecule has 0 amide bonds. The molecule has 3 N–H and O–H groups in total. The summed E-state index contributed by atoms with van der Waals surface area (Å²) >= 11 is 3.21. The topological polar surface area (TPSA) is 61.8 Å². The summed E-state index contributed by atoms with van der Waals surface area (Å²) in [6, 6.07) is 4.89. The van der Waals surface area contributed by atoms with Gasteiger partial charge in [-0.05, 0) is 34.1 Å². The summed E-state index contributed by atoms with van der Waals surface area (Å²) in [6.45, 7) is 3.55. The van der Waals surface area contributed by atoms with Crippen LogP contribution in [0.15, 0.2) is 27.8 Å². The Hall–Kier alpha value is -1.14. The minimum Gasteiger partial charge on any atom is -0.409 e. The average molecular weight is 304 g/mol. The molecular formula is C11H15BrFN3O. The molecule has 0 unspecified atom stereocenters. The number of amidine groups is 1. The van der Waals surface area contributed by atoms with Crippen LogP contribution in [0.25, 0.3) is 0 Å². The molecule has 0 saturated carbocycles. The minimum atomic E-state index is -0.289. The maximum Gasteiger partial charge on any atom is 0.153 e.